The molecular weight excluding hydrogens is 228 g/mol. The lowest BCUT2D eigenvalue weighted by Gasteiger charge is -2.24. The molecule has 0 aliphatic rings. The molecule has 0 aliphatic heterocycles. The van der Waals surface area contributed by atoms with Gasteiger partial charge in [0.25, 0.3) is 0 Å². The highest BCUT2D eigenvalue weighted by molar-refractivity contribution is 5.71. The number of urea groups is 1. The fourth-order valence-electron chi connectivity index (χ4n) is 1.52. The van der Waals surface area contributed by atoms with E-state index in [0.29, 0.717) is 12.5 Å². The van der Waals surface area contributed by atoms with Crippen LogP contribution in [-0.2, 0) is 0 Å². The number of nitrogens with one attached hydrogen (secondary N) is 2. The summed E-state index contributed by atoms with van der Waals surface area (Å²) in [5.74, 6) is 0.340. The summed E-state index contributed by atoms with van der Waals surface area (Å²) in [7, 11) is 0. The van der Waals surface area contributed by atoms with Crippen molar-refractivity contribution < 1.29 is 4.79 Å². The monoisotopic (exact) mass is 254 g/mol. The first-order valence-electron chi connectivity index (χ1n) is 6.25. The Morgan fingerprint density at radius 1 is 1.44 bits per heavy atom. The van der Waals surface area contributed by atoms with Gasteiger partial charge in [0.1, 0.15) is 0 Å². The maximum Gasteiger partial charge on any atom is 0.312 e. The first-order chi connectivity index (χ1) is 8.38. The van der Waals surface area contributed by atoms with Crippen LogP contribution < -0.4 is 22.1 Å². The average Bonchev–Trinajstić information content (AvgIpc) is 2.31. The van der Waals surface area contributed by atoms with Crippen LogP contribution in [0.5, 0.6) is 0 Å². The number of rotatable bonds is 9. The van der Waals surface area contributed by atoms with Crippen molar-refractivity contribution in [3.63, 3.8) is 0 Å². The van der Waals surface area contributed by atoms with E-state index in [1.165, 1.54) is 0 Å². The number of amides is 2. The first-order valence-corrected chi connectivity index (χ1v) is 6.25. The van der Waals surface area contributed by atoms with Crippen LogP contribution in [0.4, 0.5) is 4.79 Å². The second-order valence-electron chi connectivity index (χ2n) is 4.71. The lowest BCUT2D eigenvalue weighted by Crippen LogP contribution is -2.39. The van der Waals surface area contributed by atoms with Crippen molar-refractivity contribution in [2.45, 2.75) is 38.8 Å². The molecule has 0 aromatic carbocycles. The summed E-state index contributed by atoms with van der Waals surface area (Å²) < 4.78 is 0. The Bertz CT molecular complexity index is 289. The summed E-state index contributed by atoms with van der Waals surface area (Å²) >= 11 is 0. The highest BCUT2D eigenvalue weighted by Crippen LogP contribution is 2.08. The zero-order valence-corrected chi connectivity index (χ0v) is 11.4. The Balaban J connectivity index is 4.00. The normalized spacial score (nSPS) is 13.8. The van der Waals surface area contributed by atoms with Crippen molar-refractivity contribution in [2.75, 3.05) is 6.54 Å². The molecule has 0 saturated carbocycles. The lowest BCUT2D eigenvalue weighted by atomic mass is 10.0. The third-order valence-electron chi connectivity index (χ3n) is 2.77. The highest BCUT2D eigenvalue weighted by Gasteiger charge is 2.13. The molecule has 2 atom stereocenters. The van der Waals surface area contributed by atoms with E-state index in [9.17, 15) is 4.79 Å². The van der Waals surface area contributed by atoms with Crippen LogP contribution in [0.3, 0.4) is 0 Å². The second kappa shape index (κ2) is 8.58. The van der Waals surface area contributed by atoms with Crippen LogP contribution in [0, 0.1) is 5.92 Å². The van der Waals surface area contributed by atoms with Gasteiger partial charge in [-0.25, -0.2) is 4.79 Å². The minimum atomic E-state index is -0.496. The van der Waals surface area contributed by atoms with Crippen molar-refractivity contribution in [1.82, 2.24) is 10.6 Å². The lowest BCUT2D eigenvalue weighted by molar-refractivity contribution is 0.248. The Kier molecular flexibility index (Phi) is 7.87. The van der Waals surface area contributed by atoms with Gasteiger partial charge in [-0.05, 0) is 18.8 Å². The smallest absolute Gasteiger partial charge is 0.312 e. The first kappa shape index (κ1) is 16.5. The molecular formula is C13H26N4O. The van der Waals surface area contributed by atoms with Crippen LogP contribution >= 0.6 is 0 Å². The second-order valence-corrected chi connectivity index (χ2v) is 4.71. The number of carbonyl (C=O) groups is 1. The van der Waals surface area contributed by atoms with E-state index in [2.05, 4.69) is 37.6 Å². The molecule has 0 fully saturated rings. The van der Waals surface area contributed by atoms with Crippen LogP contribution in [0.15, 0.2) is 24.9 Å². The zero-order chi connectivity index (χ0) is 14.1. The van der Waals surface area contributed by atoms with Crippen LogP contribution in [0.2, 0.25) is 0 Å². The number of carbonyl (C=O) groups excluding carboxylic acids is 1. The molecule has 104 valence electrons. The van der Waals surface area contributed by atoms with Gasteiger partial charge < -0.3 is 22.1 Å². The van der Waals surface area contributed by atoms with E-state index < -0.39 is 6.03 Å². The molecule has 0 spiro atoms. The van der Waals surface area contributed by atoms with Crippen molar-refractivity contribution in [3.8, 4) is 0 Å². The largest absolute Gasteiger partial charge is 0.381 e. The van der Waals surface area contributed by atoms with Crippen molar-refractivity contribution in [3.05, 3.63) is 24.9 Å². The number of nitrogens with two attached hydrogens (primary N) is 2. The maximum absolute atomic E-state index is 10.5. The van der Waals surface area contributed by atoms with E-state index in [-0.39, 0.29) is 12.1 Å². The molecule has 2 amide bonds. The number of primary amides is 1. The molecule has 6 N–H and O–H groups in total. The summed E-state index contributed by atoms with van der Waals surface area (Å²) in [5.41, 5.74) is 11.8. The molecule has 0 saturated heterocycles. The van der Waals surface area contributed by atoms with Crippen LogP contribution in [0.1, 0.15) is 26.7 Å². The Labute approximate surface area is 110 Å². The quantitative estimate of drug-likeness (QED) is 0.366. The number of hydrogen-bond acceptors (Lipinski definition) is 3. The van der Waals surface area contributed by atoms with E-state index >= 15 is 0 Å². The van der Waals surface area contributed by atoms with Gasteiger partial charge in [0.05, 0.1) is 0 Å². The van der Waals surface area contributed by atoms with Crippen LogP contribution in [0.25, 0.3) is 0 Å². The maximum atomic E-state index is 10.5. The molecule has 0 aliphatic carbocycles. The Hall–Kier alpha value is -1.49. The van der Waals surface area contributed by atoms with E-state index in [1.54, 1.807) is 0 Å². The van der Waals surface area contributed by atoms with Gasteiger partial charge in [0.15, 0.2) is 0 Å². The topological polar surface area (TPSA) is 93.2 Å². The third-order valence-corrected chi connectivity index (χ3v) is 2.77. The molecule has 5 nitrogen and oxygen atoms in total. The highest BCUT2D eigenvalue weighted by atomic mass is 16.2. The predicted molar refractivity (Wildman–Crippen MR) is 75.9 cm³/mol. The minimum absolute atomic E-state index is 0.0730. The summed E-state index contributed by atoms with van der Waals surface area (Å²) in [4.78, 5) is 10.5. The van der Waals surface area contributed by atoms with Gasteiger partial charge in [-0.3, -0.25) is 0 Å². The standard InChI is InChI=1S/C13H26N4O/c1-5-11(7-6-8-16-13(15)18)17-10(4)12(14)9(2)3/h5,9,11-12,17H,1,4,6-8,14H2,2-3H3,(H3,15,16,18). The SMILES string of the molecule is C=CC(CCCNC(N)=O)NC(=C)C(N)C(C)C. The zero-order valence-electron chi connectivity index (χ0n) is 11.4. The molecule has 0 aromatic rings. The number of hydrogen-bond donors (Lipinski definition) is 4. The molecule has 18 heavy (non-hydrogen) atoms. The molecule has 0 aromatic heterocycles. The summed E-state index contributed by atoms with van der Waals surface area (Å²) in [6, 6.07) is -0.461. The van der Waals surface area contributed by atoms with Gasteiger partial charge in [-0.2, -0.15) is 0 Å². The third kappa shape index (κ3) is 6.96. The minimum Gasteiger partial charge on any atom is -0.381 e. The van der Waals surface area contributed by atoms with E-state index in [0.717, 1.165) is 18.5 Å². The van der Waals surface area contributed by atoms with Gasteiger partial charge in [0.2, 0.25) is 0 Å². The van der Waals surface area contributed by atoms with E-state index in [4.69, 9.17) is 11.5 Å². The van der Waals surface area contributed by atoms with Gasteiger partial charge in [-0.15, -0.1) is 6.58 Å². The Morgan fingerprint density at radius 2 is 2.06 bits per heavy atom. The Morgan fingerprint density at radius 3 is 2.50 bits per heavy atom. The average molecular weight is 254 g/mol. The summed E-state index contributed by atoms with van der Waals surface area (Å²) in [6.07, 6.45) is 3.48. The van der Waals surface area contributed by atoms with Gasteiger partial charge in [-0.1, -0.05) is 26.5 Å². The summed E-state index contributed by atoms with van der Waals surface area (Å²) in [6.45, 7) is 12.4. The van der Waals surface area contributed by atoms with Crippen molar-refractivity contribution in [1.29, 1.82) is 0 Å². The van der Waals surface area contributed by atoms with Gasteiger partial charge in [0, 0.05) is 24.3 Å². The molecule has 5 heteroatoms. The molecule has 2 unspecified atom stereocenters. The van der Waals surface area contributed by atoms with E-state index in [1.807, 2.05) is 6.08 Å². The molecule has 0 heterocycles. The van der Waals surface area contributed by atoms with Crippen LogP contribution in [-0.4, -0.2) is 24.7 Å². The summed E-state index contributed by atoms with van der Waals surface area (Å²) in [5, 5.41) is 5.80. The fraction of sp³-hybridized carbons (Fsp3) is 0.615. The van der Waals surface area contributed by atoms with Crippen molar-refractivity contribution >= 4 is 6.03 Å². The fourth-order valence-corrected chi connectivity index (χ4v) is 1.52. The predicted octanol–water partition coefficient (Wildman–Crippen LogP) is 1.08. The molecule has 0 radical (unpaired) electrons. The molecule has 0 bridgehead atoms. The van der Waals surface area contributed by atoms with Gasteiger partial charge >= 0.3 is 6.03 Å². The molecule has 0 rings (SSSR count). The van der Waals surface area contributed by atoms with Crippen molar-refractivity contribution in [2.24, 2.45) is 17.4 Å².